The summed E-state index contributed by atoms with van der Waals surface area (Å²) in [6.07, 6.45) is 0.291. The van der Waals surface area contributed by atoms with Crippen molar-refractivity contribution in [3.63, 3.8) is 0 Å². The van der Waals surface area contributed by atoms with Crippen LogP contribution in [0.1, 0.15) is 18.1 Å². The molecule has 0 spiro atoms. The highest BCUT2D eigenvalue weighted by Gasteiger charge is 2.27. The van der Waals surface area contributed by atoms with Crippen molar-refractivity contribution in [1.29, 1.82) is 0 Å². The molecule has 0 saturated heterocycles. The summed E-state index contributed by atoms with van der Waals surface area (Å²) >= 11 is 0. The van der Waals surface area contributed by atoms with Gasteiger partial charge in [0.1, 0.15) is 5.71 Å². The van der Waals surface area contributed by atoms with Crippen LogP contribution in [0.2, 0.25) is 0 Å². The molecule has 1 amide bonds. The van der Waals surface area contributed by atoms with Gasteiger partial charge in [0, 0.05) is 31.9 Å². The second-order valence-corrected chi connectivity index (χ2v) is 5.64. The molecule has 118 valence electrons. The molecular weight excluding hydrogens is 290 g/mol. The molecule has 0 radical (unpaired) electrons. The second-order valence-electron chi connectivity index (χ2n) is 5.64. The quantitative estimate of drug-likeness (QED) is 0.943. The van der Waals surface area contributed by atoms with Crippen LogP contribution in [-0.4, -0.2) is 25.7 Å². The van der Waals surface area contributed by atoms with Crippen LogP contribution < -0.4 is 10.2 Å². The van der Waals surface area contributed by atoms with Gasteiger partial charge in [0.2, 0.25) is 0 Å². The summed E-state index contributed by atoms with van der Waals surface area (Å²) in [7, 11) is 3.95. The largest absolute Gasteiger partial charge is 0.387 e. The lowest BCUT2D eigenvalue weighted by Gasteiger charge is -2.13. The molecule has 2 aromatic rings. The first-order valence-corrected chi connectivity index (χ1v) is 7.50. The molecule has 3 rings (SSSR count). The summed E-state index contributed by atoms with van der Waals surface area (Å²) in [6.45, 7) is 0. The highest BCUT2D eigenvalue weighted by Crippen LogP contribution is 2.27. The fourth-order valence-corrected chi connectivity index (χ4v) is 2.40. The third-order valence-electron chi connectivity index (χ3n) is 3.74. The van der Waals surface area contributed by atoms with E-state index in [2.05, 4.69) is 10.5 Å². The molecule has 1 N–H and O–H groups in total. The molecule has 5 heteroatoms. The maximum absolute atomic E-state index is 12.3. The van der Waals surface area contributed by atoms with Crippen molar-refractivity contribution in [1.82, 2.24) is 0 Å². The lowest BCUT2D eigenvalue weighted by molar-refractivity contribution is -0.110. The number of hydrogen-bond donors (Lipinski definition) is 1. The van der Waals surface area contributed by atoms with Crippen molar-refractivity contribution in [2.45, 2.75) is 12.5 Å². The zero-order chi connectivity index (χ0) is 16.2. The maximum atomic E-state index is 12.3. The van der Waals surface area contributed by atoms with Gasteiger partial charge in [-0.25, -0.2) is 0 Å². The number of carbonyl (C=O) groups excluding carboxylic acids is 1. The topological polar surface area (TPSA) is 53.9 Å². The molecule has 0 aliphatic carbocycles. The van der Waals surface area contributed by atoms with Gasteiger partial charge in [-0.05, 0) is 29.8 Å². The van der Waals surface area contributed by atoms with Crippen LogP contribution in [-0.2, 0) is 9.63 Å². The van der Waals surface area contributed by atoms with Crippen molar-refractivity contribution < 1.29 is 9.63 Å². The third kappa shape index (κ3) is 3.51. The van der Waals surface area contributed by atoms with Gasteiger partial charge in [-0.1, -0.05) is 35.5 Å². The van der Waals surface area contributed by atoms with E-state index in [4.69, 9.17) is 4.84 Å². The van der Waals surface area contributed by atoms with Crippen LogP contribution in [0, 0.1) is 0 Å². The van der Waals surface area contributed by atoms with E-state index in [0.717, 1.165) is 16.9 Å². The van der Waals surface area contributed by atoms with Gasteiger partial charge in [0.05, 0.1) is 0 Å². The molecule has 1 aliphatic rings. The van der Waals surface area contributed by atoms with Crippen molar-refractivity contribution in [3.05, 3.63) is 60.2 Å². The minimum absolute atomic E-state index is 0.187. The van der Waals surface area contributed by atoms with Crippen LogP contribution in [0.3, 0.4) is 0 Å². The zero-order valence-corrected chi connectivity index (χ0v) is 13.2. The zero-order valence-electron chi connectivity index (χ0n) is 13.2. The molecule has 23 heavy (non-hydrogen) atoms. The summed E-state index contributed by atoms with van der Waals surface area (Å²) in [4.78, 5) is 19.7. The minimum Gasteiger partial charge on any atom is -0.387 e. The van der Waals surface area contributed by atoms with Crippen LogP contribution in [0.15, 0.2) is 59.8 Å². The van der Waals surface area contributed by atoms with Gasteiger partial charge in [0.15, 0.2) is 6.10 Å². The van der Waals surface area contributed by atoms with Gasteiger partial charge in [-0.2, -0.15) is 0 Å². The Hall–Kier alpha value is -2.82. The number of hydrogen-bond acceptors (Lipinski definition) is 4. The minimum atomic E-state index is -0.221. The second kappa shape index (κ2) is 6.52. The number of nitrogens with zero attached hydrogens (tertiary/aromatic N) is 2. The average molecular weight is 309 g/mol. The predicted octanol–water partition coefficient (Wildman–Crippen LogP) is 3.21. The van der Waals surface area contributed by atoms with Gasteiger partial charge >= 0.3 is 0 Å². The van der Waals surface area contributed by atoms with E-state index in [1.54, 1.807) is 0 Å². The van der Waals surface area contributed by atoms with Gasteiger partial charge in [-0.3, -0.25) is 4.79 Å². The molecule has 0 aromatic heterocycles. The lowest BCUT2D eigenvalue weighted by Crippen LogP contribution is -2.21. The Morgan fingerprint density at radius 1 is 1.13 bits per heavy atom. The first-order chi connectivity index (χ1) is 11.1. The van der Waals surface area contributed by atoms with Gasteiger partial charge in [-0.15, -0.1) is 0 Å². The molecule has 1 aliphatic heterocycles. The molecule has 5 nitrogen and oxygen atoms in total. The Kier molecular flexibility index (Phi) is 4.28. The van der Waals surface area contributed by atoms with E-state index in [0.29, 0.717) is 12.1 Å². The molecular formula is C18H19N3O2. The molecule has 2 aromatic carbocycles. The van der Waals surface area contributed by atoms with Crippen molar-refractivity contribution >= 4 is 23.0 Å². The monoisotopic (exact) mass is 309 g/mol. The number of carbonyl (C=O) groups is 1. The molecule has 1 atom stereocenters. The van der Waals surface area contributed by atoms with E-state index in [-0.39, 0.29) is 12.0 Å². The lowest BCUT2D eigenvalue weighted by atomic mass is 10.0. The van der Waals surface area contributed by atoms with E-state index < -0.39 is 0 Å². The Balaban J connectivity index is 1.61. The SMILES string of the molecule is CN(C)c1ccc(NC(=O)C2=NOC(c3ccccc3)C2)cc1. The standard InChI is InChI=1S/C18H19N3O2/c1-21(2)15-10-8-14(9-11-15)19-18(22)16-12-17(23-20-16)13-6-4-3-5-7-13/h3-11,17H,12H2,1-2H3,(H,19,22). The maximum Gasteiger partial charge on any atom is 0.273 e. The van der Waals surface area contributed by atoms with Crippen molar-refractivity contribution in [2.24, 2.45) is 5.16 Å². The Morgan fingerprint density at radius 2 is 1.83 bits per heavy atom. The summed E-state index contributed by atoms with van der Waals surface area (Å²) in [5.74, 6) is -0.221. The number of oxime groups is 1. The fraction of sp³-hybridized carbons (Fsp3) is 0.222. The Labute approximate surface area is 135 Å². The summed E-state index contributed by atoms with van der Waals surface area (Å²) in [5, 5.41) is 6.79. The smallest absolute Gasteiger partial charge is 0.273 e. The highest BCUT2D eigenvalue weighted by atomic mass is 16.6. The molecule has 0 bridgehead atoms. The van der Waals surface area contributed by atoms with Crippen molar-refractivity contribution in [3.8, 4) is 0 Å². The summed E-state index contributed by atoms with van der Waals surface area (Å²) in [6, 6.07) is 17.4. The summed E-state index contributed by atoms with van der Waals surface area (Å²) < 4.78 is 0. The van der Waals surface area contributed by atoms with Crippen LogP contribution >= 0.6 is 0 Å². The number of amides is 1. The summed E-state index contributed by atoms with van der Waals surface area (Å²) in [5.41, 5.74) is 3.25. The molecule has 0 fully saturated rings. The number of rotatable bonds is 4. The van der Waals surface area contributed by atoms with E-state index >= 15 is 0 Å². The average Bonchev–Trinajstić information content (AvgIpc) is 3.06. The first kappa shape index (κ1) is 15.1. The number of nitrogens with one attached hydrogen (secondary N) is 1. The molecule has 1 unspecified atom stereocenters. The highest BCUT2D eigenvalue weighted by molar-refractivity contribution is 6.43. The molecule has 1 heterocycles. The Bertz CT molecular complexity index is 709. The van der Waals surface area contributed by atoms with Gasteiger partial charge < -0.3 is 15.1 Å². The first-order valence-electron chi connectivity index (χ1n) is 7.50. The van der Waals surface area contributed by atoms with Crippen molar-refractivity contribution in [2.75, 3.05) is 24.3 Å². The van der Waals surface area contributed by atoms with E-state index in [9.17, 15) is 4.79 Å². The molecule has 0 saturated carbocycles. The number of benzene rings is 2. The van der Waals surface area contributed by atoms with E-state index in [1.807, 2.05) is 73.6 Å². The van der Waals surface area contributed by atoms with Crippen LogP contribution in [0.4, 0.5) is 11.4 Å². The van der Waals surface area contributed by atoms with Crippen LogP contribution in [0.25, 0.3) is 0 Å². The normalized spacial score (nSPS) is 16.4. The Morgan fingerprint density at radius 3 is 2.48 bits per heavy atom. The number of anilines is 2. The van der Waals surface area contributed by atoms with Gasteiger partial charge in [0.25, 0.3) is 5.91 Å². The predicted molar refractivity (Wildman–Crippen MR) is 91.7 cm³/mol. The van der Waals surface area contributed by atoms with E-state index in [1.165, 1.54) is 0 Å². The van der Waals surface area contributed by atoms with Crippen LogP contribution in [0.5, 0.6) is 0 Å². The third-order valence-corrected chi connectivity index (χ3v) is 3.74. The fourth-order valence-electron chi connectivity index (χ4n) is 2.40.